The number of carbonyl (C=O) groups excluding carboxylic acids is 2. The lowest BCUT2D eigenvalue weighted by Crippen LogP contribution is -2.62. The SMILES string of the molecule is O=C1CO[C@H]2CCN(C(=O)N3C[C@H]4C[C@@H]3C[C@@H]4OCc3cc4c(cn3)CCCC4)C[C@H]2N1. The number of amides is 3. The highest BCUT2D eigenvalue weighted by atomic mass is 16.5. The van der Waals surface area contributed by atoms with Gasteiger partial charge in [0, 0.05) is 37.8 Å². The second-order valence-corrected chi connectivity index (χ2v) is 10.1. The van der Waals surface area contributed by atoms with Gasteiger partial charge in [0.15, 0.2) is 0 Å². The zero-order valence-electron chi connectivity index (χ0n) is 18.5. The number of fused-ring (bicyclic) bond motifs is 4. The Kier molecular flexibility index (Phi) is 5.30. The summed E-state index contributed by atoms with van der Waals surface area (Å²) in [4.78, 5) is 33.4. The molecule has 2 bridgehead atoms. The molecule has 4 fully saturated rings. The molecule has 3 saturated heterocycles. The van der Waals surface area contributed by atoms with Gasteiger partial charge in [0.1, 0.15) is 6.61 Å². The van der Waals surface area contributed by atoms with Crippen LogP contribution in [0.3, 0.4) is 0 Å². The van der Waals surface area contributed by atoms with Crippen molar-refractivity contribution in [2.45, 2.75) is 75.8 Å². The molecule has 3 amide bonds. The van der Waals surface area contributed by atoms with Crippen LogP contribution in [0.4, 0.5) is 4.79 Å². The van der Waals surface area contributed by atoms with E-state index in [9.17, 15) is 9.59 Å². The van der Waals surface area contributed by atoms with Crippen LogP contribution in [0.15, 0.2) is 12.3 Å². The van der Waals surface area contributed by atoms with E-state index in [0.29, 0.717) is 25.6 Å². The highest BCUT2D eigenvalue weighted by Gasteiger charge is 2.49. The minimum atomic E-state index is -0.0889. The Morgan fingerprint density at radius 1 is 1.22 bits per heavy atom. The fourth-order valence-electron chi connectivity index (χ4n) is 6.33. The van der Waals surface area contributed by atoms with Gasteiger partial charge in [-0.05, 0) is 62.1 Å². The lowest BCUT2D eigenvalue weighted by atomic mass is 9.93. The number of nitrogens with zero attached hydrogens (tertiary/aromatic N) is 3. The fraction of sp³-hybridized carbons (Fsp3) is 0.708. The normalized spacial score (nSPS) is 33.6. The van der Waals surface area contributed by atoms with Gasteiger partial charge < -0.3 is 24.6 Å². The van der Waals surface area contributed by atoms with Crippen LogP contribution in [0.5, 0.6) is 0 Å². The number of aryl methyl sites for hydroxylation is 2. The van der Waals surface area contributed by atoms with Gasteiger partial charge in [0.25, 0.3) is 0 Å². The van der Waals surface area contributed by atoms with E-state index in [1.165, 1.54) is 24.0 Å². The predicted molar refractivity (Wildman–Crippen MR) is 116 cm³/mol. The third-order valence-electron chi connectivity index (χ3n) is 8.04. The van der Waals surface area contributed by atoms with Crippen LogP contribution in [0.25, 0.3) is 0 Å². The number of hydrogen-bond acceptors (Lipinski definition) is 5. The molecule has 172 valence electrons. The van der Waals surface area contributed by atoms with E-state index in [1.807, 2.05) is 16.0 Å². The van der Waals surface area contributed by atoms with E-state index >= 15 is 0 Å². The second-order valence-electron chi connectivity index (χ2n) is 10.1. The Morgan fingerprint density at radius 2 is 2.09 bits per heavy atom. The predicted octanol–water partition coefficient (Wildman–Crippen LogP) is 1.65. The Balaban J connectivity index is 1.02. The third kappa shape index (κ3) is 3.77. The topological polar surface area (TPSA) is 84.0 Å². The van der Waals surface area contributed by atoms with Crippen LogP contribution < -0.4 is 5.32 Å². The molecule has 1 saturated carbocycles. The number of carbonyl (C=O) groups is 2. The fourth-order valence-corrected chi connectivity index (χ4v) is 6.33. The monoisotopic (exact) mass is 440 g/mol. The van der Waals surface area contributed by atoms with Crippen LogP contribution in [0.2, 0.25) is 0 Å². The van der Waals surface area contributed by atoms with Crippen molar-refractivity contribution in [3.63, 3.8) is 0 Å². The molecular formula is C24H32N4O4. The summed E-state index contributed by atoms with van der Waals surface area (Å²) >= 11 is 0. The van der Waals surface area contributed by atoms with Gasteiger partial charge in [0.2, 0.25) is 5.91 Å². The van der Waals surface area contributed by atoms with E-state index in [2.05, 4.69) is 16.4 Å². The number of urea groups is 1. The molecular weight excluding hydrogens is 408 g/mol. The van der Waals surface area contributed by atoms with Crippen molar-refractivity contribution < 1.29 is 19.1 Å². The molecule has 2 aliphatic carbocycles. The maximum Gasteiger partial charge on any atom is 0.320 e. The quantitative estimate of drug-likeness (QED) is 0.773. The summed E-state index contributed by atoms with van der Waals surface area (Å²) in [6.45, 7) is 2.68. The number of likely N-dealkylation sites (tertiary alicyclic amines) is 2. The molecule has 1 N–H and O–H groups in total. The minimum absolute atomic E-state index is 0.0294. The van der Waals surface area contributed by atoms with Crippen molar-refractivity contribution in [2.75, 3.05) is 26.2 Å². The lowest BCUT2D eigenvalue weighted by Gasteiger charge is -2.43. The van der Waals surface area contributed by atoms with Crippen LogP contribution in [0.1, 0.15) is 48.9 Å². The summed E-state index contributed by atoms with van der Waals surface area (Å²) in [6.07, 6.45) is 9.82. The average molecular weight is 441 g/mol. The van der Waals surface area contributed by atoms with E-state index < -0.39 is 0 Å². The van der Waals surface area contributed by atoms with Gasteiger partial charge >= 0.3 is 6.03 Å². The number of hydrogen-bond donors (Lipinski definition) is 1. The summed E-state index contributed by atoms with van der Waals surface area (Å²) < 4.78 is 11.9. The van der Waals surface area contributed by atoms with Crippen molar-refractivity contribution in [1.29, 1.82) is 0 Å². The molecule has 1 aromatic heterocycles. The Hall–Kier alpha value is -2.19. The maximum atomic E-state index is 13.2. The van der Waals surface area contributed by atoms with E-state index in [0.717, 1.165) is 44.3 Å². The molecule has 0 spiro atoms. The zero-order chi connectivity index (χ0) is 21.7. The summed E-state index contributed by atoms with van der Waals surface area (Å²) in [6, 6.07) is 2.50. The average Bonchev–Trinajstić information content (AvgIpc) is 3.42. The molecule has 32 heavy (non-hydrogen) atoms. The Labute approximate surface area is 188 Å². The Bertz CT molecular complexity index is 908. The first-order valence-corrected chi connectivity index (χ1v) is 12.2. The number of rotatable bonds is 3. The first-order valence-electron chi connectivity index (χ1n) is 12.2. The van der Waals surface area contributed by atoms with Crippen molar-refractivity contribution >= 4 is 11.9 Å². The summed E-state index contributed by atoms with van der Waals surface area (Å²) in [5.41, 5.74) is 3.87. The molecule has 6 rings (SSSR count). The zero-order valence-corrected chi connectivity index (χ0v) is 18.5. The minimum Gasteiger partial charge on any atom is -0.371 e. The summed E-state index contributed by atoms with van der Waals surface area (Å²) in [7, 11) is 0. The smallest absolute Gasteiger partial charge is 0.320 e. The maximum absolute atomic E-state index is 13.2. The highest BCUT2D eigenvalue weighted by Crippen LogP contribution is 2.40. The van der Waals surface area contributed by atoms with Crippen molar-refractivity contribution in [3.05, 3.63) is 29.1 Å². The molecule has 0 aromatic carbocycles. The van der Waals surface area contributed by atoms with Gasteiger partial charge in [-0.25, -0.2) is 4.79 Å². The molecule has 8 nitrogen and oxygen atoms in total. The van der Waals surface area contributed by atoms with Crippen LogP contribution in [-0.4, -0.2) is 77.3 Å². The number of nitrogens with one attached hydrogen (secondary N) is 1. The molecule has 5 aliphatic rings. The second kappa shape index (κ2) is 8.30. The summed E-state index contributed by atoms with van der Waals surface area (Å²) in [5.74, 6) is 0.311. The first kappa shape index (κ1) is 20.4. The third-order valence-corrected chi connectivity index (χ3v) is 8.04. The van der Waals surface area contributed by atoms with Crippen molar-refractivity contribution in [1.82, 2.24) is 20.1 Å². The molecule has 0 radical (unpaired) electrons. The number of piperidine rings is 2. The van der Waals surface area contributed by atoms with Crippen LogP contribution >= 0.6 is 0 Å². The first-order chi connectivity index (χ1) is 15.6. The molecule has 1 aromatic rings. The standard InChI is InChI=1S/C24H32N4O4/c29-23-14-32-21-5-6-27(12-20(21)26-23)24(30)28-11-17-8-19(28)9-22(17)31-13-18-7-15-3-1-2-4-16(15)10-25-18/h7,10,17,19-22H,1-6,8-9,11-14H2,(H,26,29)/t17-,19-,20-,21+,22+/m1/s1. The molecule has 0 unspecified atom stereocenters. The van der Waals surface area contributed by atoms with E-state index in [-0.39, 0.29) is 42.8 Å². The number of morpholine rings is 1. The highest BCUT2D eigenvalue weighted by molar-refractivity contribution is 5.79. The molecule has 8 heteroatoms. The van der Waals surface area contributed by atoms with Gasteiger partial charge in [-0.1, -0.05) is 0 Å². The number of pyridine rings is 1. The van der Waals surface area contributed by atoms with Crippen molar-refractivity contribution in [3.8, 4) is 0 Å². The van der Waals surface area contributed by atoms with Crippen LogP contribution in [0, 0.1) is 5.92 Å². The van der Waals surface area contributed by atoms with Crippen molar-refractivity contribution in [2.24, 2.45) is 5.92 Å². The van der Waals surface area contributed by atoms with E-state index in [1.54, 1.807) is 0 Å². The molecule has 4 heterocycles. The molecule has 3 aliphatic heterocycles. The number of aromatic nitrogens is 1. The largest absolute Gasteiger partial charge is 0.371 e. The van der Waals surface area contributed by atoms with E-state index in [4.69, 9.17) is 9.47 Å². The Morgan fingerprint density at radius 3 is 2.94 bits per heavy atom. The molecule has 5 atom stereocenters. The van der Waals surface area contributed by atoms with Gasteiger partial charge in [-0.3, -0.25) is 9.78 Å². The van der Waals surface area contributed by atoms with Crippen LogP contribution in [-0.2, 0) is 33.7 Å². The van der Waals surface area contributed by atoms with Gasteiger partial charge in [-0.15, -0.1) is 0 Å². The van der Waals surface area contributed by atoms with Gasteiger partial charge in [0.05, 0.1) is 30.6 Å². The summed E-state index contributed by atoms with van der Waals surface area (Å²) in [5, 5.41) is 2.98. The van der Waals surface area contributed by atoms with Gasteiger partial charge in [-0.2, -0.15) is 0 Å². The lowest BCUT2D eigenvalue weighted by molar-refractivity contribution is -0.139. The number of ether oxygens (including phenoxy) is 2.